The maximum absolute atomic E-state index is 12.7. The van der Waals surface area contributed by atoms with Crippen LogP contribution in [0.1, 0.15) is 53.0 Å². The predicted octanol–water partition coefficient (Wildman–Crippen LogP) is 3.94. The molecule has 1 aliphatic carbocycles. The number of carbonyl (C=O) groups is 1. The number of carbonyl (C=O) groups excluding carboxylic acids is 1. The van der Waals surface area contributed by atoms with Crippen molar-refractivity contribution in [1.29, 1.82) is 0 Å². The van der Waals surface area contributed by atoms with Gasteiger partial charge in [0, 0.05) is 17.0 Å². The van der Waals surface area contributed by atoms with Crippen molar-refractivity contribution in [1.82, 2.24) is 9.97 Å². The molecule has 0 saturated heterocycles. The van der Waals surface area contributed by atoms with Crippen LogP contribution in [-0.2, 0) is 17.6 Å². The fraction of sp³-hybridized carbons (Fsp3) is 0.350. The number of nitrogens with zero attached hydrogens (tertiary/aromatic N) is 2. The molecule has 1 aromatic carbocycles. The van der Waals surface area contributed by atoms with Gasteiger partial charge in [-0.3, -0.25) is 14.9 Å². The number of H-pyrrole nitrogens is 1. The molecule has 0 aliphatic heterocycles. The molecule has 0 bridgehead atoms. The third-order valence-corrected chi connectivity index (χ3v) is 6.29. The number of non-ortho nitro benzene ring substituents is 1. The van der Waals surface area contributed by atoms with Crippen LogP contribution in [0.5, 0.6) is 0 Å². The van der Waals surface area contributed by atoms with Crippen LogP contribution in [0.15, 0.2) is 29.1 Å². The van der Waals surface area contributed by atoms with E-state index in [-0.39, 0.29) is 22.6 Å². The lowest BCUT2D eigenvalue weighted by atomic mass is 9.89. The van der Waals surface area contributed by atoms with Gasteiger partial charge < -0.3 is 9.72 Å². The van der Waals surface area contributed by atoms with E-state index in [0.29, 0.717) is 16.1 Å². The number of esters is 1. The second-order valence-corrected chi connectivity index (χ2v) is 8.42. The molecule has 0 spiro atoms. The average molecular weight is 413 g/mol. The topological polar surface area (TPSA) is 115 Å². The van der Waals surface area contributed by atoms with Crippen LogP contribution in [0, 0.1) is 16.0 Å². The van der Waals surface area contributed by atoms with Gasteiger partial charge in [-0.2, -0.15) is 0 Å². The number of benzene rings is 1. The molecule has 8 nitrogen and oxygen atoms in total. The number of thiophene rings is 1. The summed E-state index contributed by atoms with van der Waals surface area (Å²) >= 11 is 1.52. The minimum atomic E-state index is -0.808. The Balaban J connectivity index is 1.61. The number of nitro groups is 1. The first-order valence-corrected chi connectivity index (χ1v) is 10.1. The van der Waals surface area contributed by atoms with Gasteiger partial charge in [0.15, 0.2) is 11.9 Å². The summed E-state index contributed by atoms with van der Waals surface area (Å²) < 4.78 is 5.39. The Bertz CT molecular complexity index is 1180. The smallest absolute Gasteiger partial charge is 0.339 e. The molecule has 1 N–H and O–H groups in total. The quantitative estimate of drug-likeness (QED) is 0.394. The molecule has 0 saturated carbocycles. The molecular weight excluding hydrogens is 394 g/mol. The largest absolute Gasteiger partial charge is 0.451 e. The van der Waals surface area contributed by atoms with Gasteiger partial charge in [-0.15, -0.1) is 11.3 Å². The molecule has 0 fully saturated rings. The van der Waals surface area contributed by atoms with Gasteiger partial charge in [-0.1, -0.05) is 13.0 Å². The number of rotatable bonds is 4. The molecule has 29 heavy (non-hydrogen) atoms. The molecule has 3 aromatic rings. The van der Waals surface area contributed by atoms with Gasteiger partial charge in [0.2, 0.25) is 0 Å². The maximum Gasteiger partial charge on any atom is 0.339 e. The van der Waals surface area contributed by atoms with Crippen molar-refractivity contribution in [3.63, 3.8) is 0 Å². The Hall–Kier alpha value is -3.07. The number of aromatic nitrogens is 2. The molecular formula is C20H19N3O5S. The van der Waals surface area contributed by atoms with E-state index >= 15 is 0 Å². The van der Waals surface area contributed by atoms with Crippen molar-refractivity contribution < 1.29 is 14.5 Å². The molecule has 0 radical (unpaired) electrons. The number of hydrogen-bond acceptors (Lipinski definition) is 7. The third-order valence-electron chi connectivity index (χ3n) is 5.15. The molecule has 2 aromatic heterocycles. The second-order valence-electron chi connectivity index (χ2n) is 7.34. The Morgan fingerprint density at radius 1 is 1.45 bits per heavy atom. The Labute approximate surface area is 169 Å². The van der Waals surface area contributed by atoms with Crippen LogP contribution in [0.3, 0.4) is 0 Å². The normalized spacial score (nSPS) is 17.0. The summed E-state index contributed by atoms with van der Waals surface area (Å²) in [5.74, 6) is 0.125. The minimum Gasteiger partial charge on any atom is -0.451 e. The number of ether oxygens (including phenoxy) is 1. The van der Waals surface area contributed by atoms with E-state index in [1.165, 1.54) is 34.4 Å². The van der Waals surface area contributed by atoms with Crippen LogP contribution in [0.2, 0.25) is 0 Å². The SMILES string of the molecule is C[C@H]1CCc2c(sc3nc([C@H](C)OC(=O)c4cccc([N+](=O)[O-])c4)[nH]c(=O)c23)C1. The molecule has 0 unspecified atom stereocenters. The van der Waals surface area contributed by atoms with E-state index in [1.807, 2.05) is 0 Å². The molecule has 9 heteroatoms. The van der Waals surface area contributed by atoms with E-state index < -0.39 is 17.0 Å². The minimum absolute atomic E-state index is 0.0649. The van der Waals surface area contributed by atoms with Gasteiger partial charge in [-0.25, -0.2) is 9.78 Å². The highest BCUT2D eigenvalue weighted by Crippen LogP contribution is 2.36. The van der Waals surface area contributed by atoms with Crippen LogP contribution in [-0.4, -0.2) is 20.9 Å². The summed E-state index contributed by atoms with van der Waals surface area (Å²) in [4.78, 5) is 44.5. The van der Waals surface area contributed by atoms with Crippen molar-refractivity contribution in [3.05, 3.63) is 66.6 Å². The van der Waals surface area contributed by atoms with Gasteiger partial charge in [-0.05, 0) is 43.7 Å². The zero-order valence-corrected chi connectivity index (χ0v) is 16.7. The maximum atomic E-state index is 12.7. The third kappa shape index (κ3) is 3.65. The second kappa shape index (κ2) is 7.40. The average Bonchev–Trinajstić information content (AvgIpc) is 3.05. The summed E-state index contributed by atoms with van der Waals surface area (Å²) in [6, 6.07) is 5.31. The molecule has 2 heterocycles. The number of aromatic amines is 1. The van der Waals surface area contributed by atoms with E-state index in [2.05, 4.69) is 16.9 Å². The monoisotopic (exact) mass is 413 g/mol. The van der Waals surface area contributed by atoms with Crippen LogP contribution < -0.4 is 5.56 Å². The molecule has 2 atom stereocenters. The lowest BCUT2D eigenvalue weighted by Crippen LogP contribution is -2.18. The highest BCUT2D eigenvalue weighted by molar-refractivity contribution is 7.18. The van der Waals surface area contributed by atoms with Gasteiger partial charge in [0.1, 0.15) is 4.83 Å². The van der Waals surface area contributed by atoms with Crippen molar-refractivity contribution in [2.75, 3.05) is 0 Å². The lowest BCUT2D eigenvalue weighted by molar-refractivity contribution is -0.384. The summed E-state index contributed by atoms with van der Waals surface area (Å²) in [6.07, 6.45) is 2.06. The van der Waals surface area contributed by atoms with Crippen LogP contribution >= 0.6 is 11.3 Å². The summed E-state index contributed by atoms with van der Waals surface area (Å²) in [7, 11) is 0. The number of aryl methyl sites for hydroxylation is 1. The Kier molecular flexibility index (Phi) is 4.91. The zero-order chi connectivity index (χ0) is 20.7. The van der Waals surface area contributed by atoms with Crippen molar-refractivity contribution in [3.8, 4) is 0 Å². The fourth-order valence-corrected chi connectivity index (χ4v) is 4.98. The first-order valence-electron chi connectivity index (χ1n) is 9.33. The van der Waals surface area contributed by atoms with E-state index in [4.69, 9.17) is 4.74 Å². The number of nitrogens with one attached hydrogen (secondary N) is 1. The molecule has 4 rings (SSSR count). The first kappa shape index (κ1) is 19.3. The van der Waals surface area contributed by atoms with Crippen molar-refractivity contribution in [2.24, 2.45) is 5.92 Å². The van der Waals surface area contributed by atoms with Crippen LogP contribution in [0.4, 0.5) is 5.69 Å². The molecule has 150 valence electrons. The summed E-state index contributed by atoms with van der Waals surface area (Å²) in [5, 5.41) is 11.5. The lowest BCUT2D eigenvalue weighted by Gasteiger charge is -2.17. The fourth-order valence-electron chi connectivity index (χ4n) is 3.59. The van der Waals surface area contributed by atoms with E-state index in [9.17, 15) is 19.7 Å². The number of hydrogen-bond donors (Lipinski definition) is 1. The zero-order valence-electron chi connectivity index (χ0n) is 15.9. The van der Waals surface area contributed by atoms with Gasteiger partial charge >= 0.3 is 5.97 Å². The highest BCUT2D eigenvalue weighted by Gasteiger charge is 2.25. The van der Waals surface area contributed by atoms with Crippen molar-refractivity contribution >= 4 is 33.2 Å². The first-order chi connectivity index (χ1) is 13.8. The van der Waals surface area contributed by atoms with Crippen LogP contribution in [0.25, 0.3) is 10.2 Å². The highest BCUT2D eigenvalue weighted by atomic mass is 32.1. The van der Waals surface area contributed by atoms with Gasteiger partial charge in [0.05, 0.1) is 15.9 Å². The van der Waals surface area contributed by atoms with Crippen molar-refractivity contribution in [2.45, 2.75) is 39.2 Å². The standard InChI is InChI=1S/C20H19N3O5S/c1-10-6-7-14-15(8-10)29-19-16(14)18(24)21-17(22-19)11(2)28-20(25)12-4-3-5-13(9-12)23(26)27/h3-5,9-11H,6-8H2,1-2H3,(H,21,22,24)/t10-,11-/m0/s1. The Morgan fingerprint density at radius 3 is 3.00 bits per heavy atom. The van der Waals surface area contributed by atoms with E-state index in [1.54, 1.807) is 6.92 Å². The summed E-state index contributed by atoms with van der Waals surface area (Å²) in [5.41, 5.74) is 0.730. The molecule has 1 aliphatic rings. The van der Waals surface area contributed by atoms with E-state index in [0.717, 1.165) is 30.9 Å². The predicted molar refractivity (Wildman–Crippen MR) is 108 cm³/mol. The summed E-state index contributed by atoms with van der Waals surface area (Å²) in [6.45, 7) is 3.81. The van der Waals surface area contributed by atoms with Gasteiger partial charge in [0.25, 0.3) is 11.2 Å². The number of nitro benzene ring substituents is 1. The number of fused-ring (bicyclic) bond motifs is 3. The Morgan fingerprint density at radius 2 is 2.24 bits per heavy atom. The molecule has 0 amide bonds.